The fraction of sp³-hybridized carbons (Fsp3) is 0.350. The first-order valence-electron chi connectivity index (χ1n) is 8.89. The van der Waals surface area contributed by atoms with Crippen molar-refractivity contribution >= 4 is 11.8 Å². The summed E-state index contributed by atoms with van der Waals surface area (Å²) in [5.74, 6) is -0.633. The quantitative estimate of drug-likeness (QED) is 0.737. The third kappa shape index (κ3) is 5.46. The van der Waals surface area contributed by atoms with E-state index in [0.29, 0.717) is 18.2 Å². The maximum Gasteiger partial charge on any atom is 0.421 e. The van der Waals surface area contributed by atoms with E-state index >= 15 is 0 Å². The highest BCUT2D eigenvalue weighted by atomic mass is 19.4. The van der Waals surface area contributed by atoms with E-state index in [1.807, 2.05) is 0 Å². The summed E-state index contributed by atoms with van der Waals surface area (Å²) in [5.41, 5.74) is -1.30. The zero-order valence-corrected chi connectivity index (χ0v) is 16.4. The van der Waals surface area contributed by atoms with E-state index in [4.69, 9.17) is 0 Å². The van der Waals surface area contributed by atoms with Gasteiger partial charge in [-0.2, -0.15) is 13.2 Å². The summed E-state index contributed by atoms with van der Waals surface area (Å²) >= 11 is 0. The van der Waals surface area contributed by atoms with E-state index in [9.17, 15) is 27.6 Å². The van der Waals surface area contributed by atoms with Gasteiger partial charge in [-0.1, -0.05) is 12.1 Å². The largest absolute Gasteiger partial charge is 0.421 e. The van der Waals surface area contributed by atoms with E-state index in [-0.39, 0.29) is 12.5 Å². The normalized spacial score (nSPS) is 11.2. The third-order valence-corrected chi connectivity index (χ3v) is 4.35. The number of likely N-dealkylation sites (N-methyl/N-ethyl adjacent to an activating group) is 1. The van der Waals surface area contributed by atoms with Crippen molar-refractivity contribution < 1.29 is 22.8 Å². The highest BCUT2D eigenvalue weighted by molar-refractivity contribution is 5.93. The van der Waals surface area contributed by atoms with Gasteiger partial charge in [-0.25, -0.2) is 0 Å². The maximum absolute atomic E-state index is 12.9. The summed E-state index contributed by atoms with van der Waals surface area (Å²) in [6.45, 7) is 1.76. The Morgan fingerprint density at radius 3 is 2.21 bits per heavy atom. The lowest BCUT2D eigenvalue weighted by molar-refractivity contribution is -0.139. The molecule has 2 aromatic rings. The predicted molar refractivity (Wildman–Crippen MR) is 101 cm³/mol. The molecule has 156 valence electrons. The monoisotopic (exact) mass is 409 g/mol. The molecule has 0 radical (unpaired) electrons. The minimum atomic E-state index is -4.78. The molecule has 0 bridgehead atoms. The summed E-state index contributed by atoms with van der Waals surface area (Å²) in [5, 5.41) is 0. The number of rotatable bonds is 6. The number of benzene rings is 1. The van der Waals surface area contributed by atoms with Gasteiger partial charge in [0.2, 0.25) is 5.91 Å². The molecule has 0 aliphatic carbocycles. The van der Waals surface area contributed by atoms with Crippen molar-refractivity contribution in [3.05, 3.63) is 69.6 Å². The van der Waals surface area contributed by atoms with Crippen LogP contribution in [0, 0.1) is 0 Å². The average molecular weight is 409 g/mol. The molecule has 29 heavy (non-hydrogen) atoms. The Hall–Kier alpha value is -3.10. The number of hydrogen-bond acceptors (Lipinski definition) is 3. The van der Waals surface area contributed by atoms with Crippen molar-refractivity contribution in [1.82, 2.24) is 14.4 Å². The van der Waals surface area contributed by atoms with Gasteiger partial charge in [0.25, 0.3) is 11.5 Å². The Bertz CT molecular complexity index is 934. The first-order valence-corrected chi connectivity index (χ1v) is 8.89. The van der Waals surface area contributed by atoms with Crippen molar-refractivity contribution in [3.63, 3.8) is 0 Å². The Labute approximate surface area is 166 Å². The van der Waals surface area contributed by atoms with Gasteiger partial charge in [0.05, 0.1) is 0 Å². The molecule has 2 rings (SSSR count). The fourth-order valence-corrected chi connectivity index (χ4v) is 2.73. The molecule has 2 amide bonds. The van der Waals surface area contributed by atoms with E-state index in [1.54, 1.807) is 45.3 Å². The van der Waals surface area contributed by atoms with Crippen LogP contribution in [0.5, 0.6) is 0 Å². The zero-order valence-electron chi connectivity index (χ0n) is 16.4. The molecule has 0 unspecified atom stereocenters. The average Bonchev–Trinajstić information content (AvgIpc) is 2.66. The molecule has 9 heteroatoms. The molecule has 6 nitrogen and oxygen atoms in total. The molecule has 0 spiro atoms. The first-order chi connectivity index (χ1) is 13.5. The molecule has 0 saturated carbocycles. The molecule has 0 atom stereocenters. The molecule has 0 aliphatic rings. The highest BCUT2D eigenvalue weighted by Crippen LogP contribution is 2.26. The molecule has 0 saturated heterocycles. The lowest BCUT2D eigenvalue weighted by Crippen LogP contribution is -2.37. The Kier molecular flexibility index (Phi) is 6.84. The van der Waals surface area contributed by atoms with Gasteiger partial charge in [-0.15, -0.1) is 0 Å². The second-order valence-electron chi connectivity index (χ2n) is 6.66. The number of alkyl halides is 3. The van der Waals surface area contributed by atoms with Crippen LogP contribution >= 0.6 is 0 Å². The molecular formula is C20H22F3N3O3. The van der Waals surface area contributed by atoms with E-state index in [2.05, 4.69) is 0 Å². The molecular weight excluding hydrogens is 387 g/mol. The van der Waals surface area contributed by atoms with Gasteiger partial charge in [0, 0.05) is 38.9 Å². The van der Waals surface area contributed by atoms with Gasteiger partial charge in [-0.05, 0) is 36.8 Å². The van der Waals surface area contributed by atoms with Crippen molar-refractivity contribution in [1.29, 1.82) is 0 Å². The molecule has 1 aromatic carbocycles. The van der Waals surface area contributed by atoms with Crippen LogP contribution < -0.4 is 5.56 Å². The van der Waals surface area contributed by atoms with Gasteiger partial charge in [-0.3, -0.25) is 14.4 Å². The van der Waals surface area contributed by atoms with Crippen LogP contribution in [-0.4, -0.2) is 46.8 Å². The predicted octanol–water partition coefficient (Wildman–Crippen LogP) is 2.62. The van der Waals surface area contributed by atoms with E-state index in [0.717, 1.165) is 22.4 Å². The molecule has 0 fully saturated rings. The van der Waals surface area contributed by atoms with Gasteiger partial charge in [0.1, 0.15) is 12.1 Å². The minimum absolute atomic E-state index is 0.149. The second kappa shape index (κ2) is 8.93. The van der Waals surface area contributed by atoms with Crippen molar-refractivity contribution in [2.45, 2.75) is 26.2 Å². The van der Waals surface area contributed by atoms with Crippen molar-refractivity contribution in [2.24, 2.45) is 0 Å². The maximum atomic E-state index is 12.9. The molecule has 0 N–H and O–H groups in total. The Morgan fingerprint density at radius 1 is 1.07 bits per heavy atom. The summed E-state index contributed by atoms with van der Waals surface area (Å²) in [6, 6.07) is 8.50. The van der Waals surface area contributed by atoms with Crippen LogP contribution in [0.25, 0.3) is 0 Å². The third-order valence-electron chi connectivity index (χ3n) is 4.35. The van der Waals surface area contributed by atoms with Gasteiger partial charge in [0.15, 0.2) is 0 Å². The number of carbonyl (C=O) groups is 2. The standard InChI is InChI=1S/C20H22F3N3O3/c1-4-25(12-14-7-9-15(10-8-14)18(28)24(2)3)17(27)13-26-11-5-6-16(19(26)29)20(21,22)23/h5-11H,4,12-13H2,1-3H3. The smallest absolute Gasteiger partial charge is 0.345 e. The summed E-state index contributed by atoms with van der Waals surface area (Å²) < 4.78 is 39.4. The van der Waals surface area contributed by atoms with Crippen LogP contribution in [0.3, 0.4) is 0 Å². The fourth-order valence-electron chi connectivity index (χ4n) is 2.73. The Morgan fingerprint density at radius 2 is 1.69 bits per heavy atom. The van der Waals surface area contributed by atoms with E-state index in [1.165, 1.54) is 9.80 Å². The van der Waals surface area contributed by atoms with Gasteiger partial charge < -0.3 is 14.4 Å². The number of halogens is 3. The minimum Gasteiger partial charge on any atom is -0.345 e. The molecule has 1 heterocycles. The molecule has 0 aliphatic heterocycles. The van der Waals surface area contributed by atoms with E-state index < -0.39 is 29.8 Å². The highest BCUT2D eigenvalue weighted by Gasteiger charge is 2.34. The SMILES string of the molecule is CCN(Cc1ccc(C(=O)N(C)C)cc1)C(=O)Cn1cccc(C(F)(F)F)c1=O. The second-order valence-corrected chi connectivity index (χ2v) is 6.66. The summed E-state index contributed by atoms with van der Waals surface area (Å²) in [7, 11) is 3.28. The number of aromatic nitrogens is 1. The lowest BCUT2D eigenvalue weighted by Gasteiger charge is -2.22. The topological polar surface area (TPSA) is 62.6 Å². The lowest BCUT2D eigenvalue weighted by atomic mass is 10.1. The number of nitrogens with zero attached hydrogens (tertiary/aromatic N) is 3. The van der Waals surface area contributed by atoms with Crippen molar-refractivity contribution in [2.75, 3.05) is 20.6 Å². The van der Waals surface area contributed by atoms with Crippen molar-refractivity contribution in [3.8, 4) is 0 Å². The van der Waals surface area contributed by atoms with Gasteiger partial charge >= 0.3 is 6.18 Å². The summed E-state index contributed by atoms with van der Waals surface area (Å²) in [6.07, 6.45) is -3.62. The van der Waals surface area contributed by atoms with Crippen LogP contribution in [-0.2, 0) is 24.1 Å². The van der Waals surface area contributed by atoms with Crippen LogP contribution in [0.1, 0.15) is 28.4 Å². The van der Waals surface area contributed by atoms with Crippen LogP contribution in [0.15, 0.2) is 47.4 Å². The Balaban J connectivity index is 2.14. The number of amides is 2. The number of hydrogen-bond donors (Lipinski definition) is 0. The number of pyridine rings is 1. The summed E-state index contributed by atoms with van der Waals surface area (Å²) in [4.78, 5) is 39.4. The molecule has 1 aromatic heterocycles. The number of carbonyl (C=O) groups excluding carboxylic acids is 2. The first kappa shape index (κ1) is 22.2. The van der Waals surface area contributed by atoms with Crippen LogP contribution in [0.2, 0.25) is 0 Å². The zero-order chi connectivity index (χ0) is 21.8. The van der Waals surface area contributed by atoms with Crippen LogP contribution in [0.4, 0.5) is 13.2 Å².